The summed E-state index contributed by atoms with van der Waals surface area (Å²) in [6, 6.07) is 0. The van der Waals surface area contributed by atoms with Crippen LogP contribution in [0.5, 0.6) is 0 Å². The molecule has 2 rings (SSSR count). The first kappa shape index (κ1) is 16.2. The Morgan fingerprint density at radius 1 is 1.38 bits per heavy atom. The average Bonchev–Trinajstić information content (AvgIpc) is 2.78. The molecule has 2 aromatic heterocycles. The lowest BCUT2D eigenvalue weighted by Crippen LogP contribution is -2.20. The van der Waals surface area contributed by atoms with E-state index in [0.29, 0.717) is 6.61 Å². The largest absolute Gasteiger partial charge is 0.465 e. The van der Waals surface area contributed by atoms with Crippen LogP contribution < -0.4 is 0 Å². The van der Waals surface area contributed by atoms with Gasteiger partial charge in [0.15, 0.2) is 0 Å². The van der Waals surface area contributed by atoms with Crippen molar-refractivity contribution in [2.45, 2.75) is 50.8 Å². The molecule has 6 heteroatoms. The van der Waals surface area contributed by atoms with Gasteiger partial charge in [-0.2, -0.15) is 0 Å². The Bertz CT molecular complexity index is 640. The third-order valence-electron chi connectivity index (χ3n) is 3.27. The predicted molar refractivity (Wildman–Crippen MR) is 88.1 cm³/mol. The number of ether oxygens (including phenoxy) is 1. The number of carbonyl (C=O) groups is 1. The molecule has 4 nitrogen and oxygen atoms in total. The third kappa shape index (κ3) is 3.55. The van der Waals surface area contributed by atoms with E-state index < -0.39 is 0 Å². The van der Waals surface area contributed by atoms with Crippen LogP contribution in [0.4, 0.5) is 0 Å². The number of aryl methyl sites for hydroxylation is 2. The minimum absolute atomic E-state index is 0.152. The molecule has 2 aromatic rings. The Kier molecular flexibility index (Phi) is 5.58. The molecule has 0 aliphatic rings. The number of thiophene rings is 1. The summed E-state index contributed by atoms with van der Waals surface area (Å²) in [6.45, 7) is 8.63. The summed E-state index contributed by atoms with van der Waals surface area (Å²) in [4.78, 5) is 23.0. The van der Waals surface area contributed by atoms with Crippen LogP contribution >= 0.6 is 23.1 Å². The van der Waals surface area contributed by atoms with Gasteiger partial charge in [-0.3, -0.25) is 4.79 Å². The Morgan fingerprint density at radius 2 is 2.14 bits per heavy atom. The van der Waals surface area contributed by atoms with Crippen molar-refractivity contribution in [3.05, 3.63) is 16.8 Å². The maximum Gasteiger partial charge on any atom is 0.319 e. The first-order valence-electron chi connectivity index (χ1n) is 7.12. The van der Waals surface area contributed by atoms with E-state index in [4.69, 9.17) is 4.74 Å². The standard InChI is InChI=1S/C15H20N2O2S2/c1-5-7-19-15(18)11(6-2)21-14-12-9(3)10(4)20-13(12)16-8-17-14/h8,11H,5-7H2,1-4H3/t11-/m1/s1. The van der Waals surface area contributed by atoms with Gasteiger partial charge in [0.2, 0.25) is 0 Å². The number of hydrogen-bond acceptors (Lipinski definition) is 6. The fourth-order valence-corrected chi connectivity index (χ4v) is 4.11. The second-order valence-electron chi connectivity index (χ2n) is 4.82. The molecule has 0 fully saturated rings. The maximum absolute atomic E-state index is 12.1. The van der Waals surface area contributed by atoms with Crippen molar-refractivity contribution in [2.24, 2.45) is 0 Å². The second-order valence-corrected chi connectivity index (χ2v) is 7.22. The van der Waals surface area contributed by atoms with Gasteiger partial charge in [-0.25, -0.2) is 9.97 Å². The summed E-state index contributed by atoms with van der Waals surface area (Å²) in [7, 11) is 0. The normalized spacial score (nSPS) is 12.6. The predicted octanol–water partition coefficient (Wildman–Crippen LogP) is 4.13. The van der Waals surface area contributed by atoms with E-state index in [1.54, 1.807) is 17.7 Å². The van der Waals surface area contributed by atoms with Gasteiger partial charge in [0, 0.05) is 10.3 Å². The highest BCUT2D eigenvalue weighted by atomic mass is 32.2. The first-order valence-corrected chi connectivity index (χ1v) is 8.82. The molecule has 0 amide bonds. The van der Waals surface area contributed by atoms with E-state index in [2.05, 4.69) is 23.8 Å². The Labute approximate surface area is 133 Å². The van der Waals surface area contributed by atoms with Crippen LogP contribution in [0.2, 0.25) is 0 Å². The number of fused-ring (bicyclic) bond motifs is 1. The number of carbonyl (C=O) groups excluding carboxylic acids is 1. The van der Waals surface area contributed by atoms with E-state index >= 15 is 0 Å². The fraction of sp³-hybridized carbons (Fsp3) is 0.533. The molecule has 0 bridgehead atoms. The maximum atomic E-state index is 12.1. The summed E-state index contributed by atoms with van der Waals surface area (Å²) >= 11 is 3.15. The van der Waals surface area contributed by atoms with Gasteiger partial charge in [-0.05, 0) is 32.3 Å². The molecule has 0 unspecified atom stereocenters. The summed E-state index contributed by atoms with van der Waals surface area (Å²) < 4.78 is 5.26. The van der Waals surface area contributed by atoms with Gasteiger partial charge in [0.05, 0.1) is 6.61 Å². The van der Waals surface area contributed by atoms with Crippen LogP contribution in [0.3, 0.4) is 0 Å². The Balaban J connectivity index is 2.27. The molecule has 0 saturated heterocycles. The summed E-state index contributed by atoms with van der Waals surface area (Å²) in [6.07, 6.45) is 3.14. The van der Waals surface area contributed by atoms with Crippen molar-refractivity contribution in [3.63, 3.8) is 0 Å². The highest BCUT2D eigenvalue weighted by Gasteiger charge is 2.22. The van der Waals surface area contributed by atoms with E-state index in [1.807, 2.05) is 13.8 Å². The monoisotopic (exact) mass is 324 g/mol. The highest BCUT2D eigenvalue weighted by Crippen LogP contribution is 2.36. The average molecular weight is 324 g/mol. The number of aromatic nitrogens is 2. The molecule has 2 heterocycles. The van der Waals surface area contributed by atoms with Gasteiger partial charge >= 0.3 is 5.97 Å². The molecule has 0 saturated carbocycles. The van der Waals surface area contributed by atoms with Crippen LogP contribution in [0, 0.1) is 13.8 Å². The smallest absolute Gasteiger partial charge is 0.319 e. The molecule has 1 atom stereocenters. The van der Waals surface area contributed by atoms with Crippen LogP contribution in [0.25, 0.3) is 10.2 Å². The SMILES string of the molecule is CCCOC(=O)[C@@H](CC)Sc1ncnc2sc(C)c(C)c12. The number of esters is 1. The molecule has 0 N–H and O–H groups in total. The highest BCUT2D eigenvalue weighted by molar-refractivity contribution is 8.00. The first-order chi connectivity index (χ1) is 10.1. The quantitative estimate of drug-likeness (QED) is 0.454. The van der Waals surface area contributed by atoms with Gasteiger partial charge in [0.25, 0.3) is 0 Å². The lowest BCUT2D eigenvalue weighted by molar-refractivity contribution is -0.143. The van der Waals surface area contributed by atoms with Crippen LogP contribution in [0.15, 0.2) is 11.4 Å². The van der Waals surface area contributed by atoms with Crippen LogP contribution in [-0.2, 0) is 9.53 Å². The molecular weight excluding hydrogens is 304 g/mol. The van der Waals surface area contributed by atoms with Gasteiger partial charge < -0.3 is 4.74 Å². The molecule has 0 aliphatic heterocycles. The Hall–Kier alpha value is -1.14. The van der Waals surface area contributed by atoms with E-state index in [0.717, 1.165) is 28.1 Å². The van der Waals surface area contributed by atoms with E-state index in [1.165, 1.54) is 22.2 Å². The topological polar surface area (TPSA) is 52.1 Å². The van der Waals surface area contributed by atoms with Crippen molar-refractivity contribution >= 4 is 39.3 Å². The second kappa shape index (κ2) is 7.22. The van der Waals surface area contributed by atoms with E-state index in [-0.39, 0.29) is 11.2 Å². The Morgan fingerprint density at radius 3 is 2.81 bits per heavy atom. The minimum atomic E-state index is -0.214. The molecule has 0 spiro atoms. The molecule has 0 radical (unpaired) electrons. The van der Waals surface area contributed by atoms with Gasteiger partial charge in [-0.1, -0.05) is 25.6 Å². The van der Waals surface area contributed by atoms with Crippen molar-refractivity contribution < 1.29 is 9.53 Å². The fourth-order valence-electron chi connectivity index (χ4n) is 1.97. The zero-order valence-electron chi connectivity index (χ0n) is 12.8. The summed E-state index contributed by atoms with van der Waals surface area (Å²) in [5, 5.41) is 1.74. The van der Waals surface area contributed by atoms with Crippen molar-refractivity contribution in [3.8, 4) is 0 Å². The van der Waals surface area contributed by atoms with Crippen molar-refractivity contribution in [1.29, 1.82) is 0 Å². The summed E-state index contributed by atoms with van der Waals surface area (Å²) in [5.74, 6) is -0.152. The zero-order chi connectivity index (χ0) is 15.4. The van der Waals surface area contributed by atoms with Gasteiger partial charge in [-0.15, -0.1) is 11.3 Å². The number of thioether (sulfide) groups is 1. The van der Waals surface area contributed by atoms with Crippen molar-refractivity contribution in [2.75, 3.05) is 6.61 Å². The molecule has 114 valence electrons. The number of rotatable bonds is 6. The lowest BCUT2D eigenvalue weighted by Gasteiger charge is -2.13. The molecular formula is C15H20N2O2S2. The third-order valence-corrected chi connectivity index (χ3v) is 5.72. The zero-order valence-corrected chi connectivity index (χ0v) is 14.4. The van der Waals surface area contributed by atoms with Crippen LogP contribution in [-0.4, -0.2) is 27.8 Å². The summed E-state index contributed by atoms with van der Waals surface area (Å²) in [5.41, 5.74) is 1.20. The van der Waals surface area contributed by atoms with Gasteiger partial charge in [0.1, 0.15) is 21.4 Å². The van der Waals surface area contributed by atoms with E-state index in [9.17, 15) is 4.79 Å². The minimum Gasteiger partial charge on any atom is -0.465 e. The van der Waals surface area contributed by atoms with Crippen LogP contribution in [0.1, 0.15) is 37.1 Å². The number of hydrogen-bond donors (Lipinski definition) is 0. The molecule has 0 aromatic carbocycles. The number of nitrogens with zero attached hydrogens (tertiary/aromatic N) is 2. The molecule has 0 aliphatic carbocycles. The molecule has 21 heavy (non-hydrogen) atoms. The van der Waals surface area contributed by atoms with Crippen molar-refractivity contribution in [1.82, 2.24) is 9.97 Å². The lowest BCUT2D eigenvalue weighted by atomic mass is 10.2.